The van der Waals surface area contributed by atoms with Crippen molar-refractivity contribution in [1.29, 1.82) is 0 Å². The van der Waals surface area contributed by atoms with Crippen LogP contribution in [0.3, 0.4) is 0 Å². The van der Waals surface area contributed by atoms with E-state index in [0.717, 1.165) is 13.0 Å². The maximum absolute atomic E-state index is 11.2. The van der Waals surface area contributed by atoms with Gasteiger partial charge in [-0.3, -0.25) is 10.0 Å². The minimum absolute atomic E-state index is 0. The average Bonchev–Trinajstić information content (AvgIpc) is 2.16. The van der Waals surface area contributed by atoms with Crippen molar-refractivity contribution in [3.63, 3.8) is 0 Å². The van der Waals surface area contributed by atoms with Crippen LogP contribution in [-0.4, -0.2) is 29.2 Å². The van der Waals surface area contributed by atoms with E-state index < -0.39 is 0 Å². The zero-order valence-corrected chi connectivity index (χ0v) is 9.84. The minimum Gasteiger partial charge on any atom is -0.412 e. The number of carbonyl (C=O) groups is 1. The Labute approximate surface area is 91.5 Å². The number of amides is 1. The Morgan fingerprint density at radius 2 is 1.93 bits per heavy atom. The molecule has 0 heterocycles. The van der Waals surface area contributed by atoms with E-state index in [1.54, 1.807) is 5.48 Å². The highest BCUT2D eigenvalue weighted by Crippen LogP contribution is 2.02. The first-order valence-corrected chi connectivity index (χ1v) is 5.30. The highest BCUT2D eigenvalue weighted by molar-refractivity contribution is 5.80. The summed E-state index contributed by atoms with van der Waals surface area (Å²) in [6, 6.07) is -0.295. The zero-order valence-electron chi connectivity index (χ0n) is 9.84. The molecule has 0 saturated carbocycles. The smallest absolute Gasteiger partial charge is 0.260 e. The quantitative estimate of drug-likeness (QED) is 0.331. The van der Waals surface area contributed by atoms with Gasteiger partial charge < -0.3 is 10.8 Å². The molecule has 92 valence electrons. The number of unbranched alkanes of at least 4 members (excludes halogenated alkanes) is 2. The van der Waals surface area contributed by atoms with Crippen molar-refractivity contribution in [3.8, 4) is 0 Å². The van der Waals surface area contributed by atoms with Crippen LogP contribution in [0, 0.1) is 5.92 Å². The number of hydroxylamine groups is 1. The molecule has 0 saturated heterocycles. The van der Waals surface area contributed by atoms with Gasteiger partial charge in [0.15, 0.2) is 0 Å². The summed E-state index contributed by atoms with van der Waals surface area (Å²) in [6.45, 7) is 6.87. The summed E-state index contributed by atoms with van der Waals surface area (Å²) in [5.74, 6) is -0.166. The van der Waals surface area contributed by atoms with Crippen LogP contribution in [0.25, 0.3) is 0 Å². The molecule has 0 aliphatic carbocycles. The van der Waals surface area contributed by atoms with E-state index in [1.165, 1.54) is 12.8 Å². The van der Waals surface area contributed by atoms with Gasteiger partial charge in [0.2, 0.25) is 0 Å². The zero-order chi connectivity index (χ0) is 11.0. The second-order valence-electron chi connectivity index (χ2n) is 3.86. The molecule has 1 atom stereocenters. The molecule has 0 aromatic carbocycles. The number of nitrogens with one attached hydrogen (secondary N) is 2. The number of rotatable bonds is 7. The van der Waals surface area contributed by atoms with Crippen molar-refractivity contribution in [2.75, 3.05) is 6.54 Å². The van der Waals surface area contributed by atoms with Gasteiger partial charge in [-0.05, 0) is 18.9 Å². The van der Waals surface area contributed by atoms with Gasteiger partial charge in [-0.2, -0.15) is 0 Å². The summed E-state index contributed by atoms with van der Waals surface area (Å²) in [6.07, 6.45) is 3.40. The minimum atomic E-state index is -0.350. The average molecular weight is 220 g/mol. The van der Waals surface area contributed by atoms with Crippen molar-refractivity contribution >= 4 is 5.91 Å². The lowest BCUT2D eigenvalue weighted by Gasteiger charge is -2.19. The lowest BCUT2D eigenvalue weighted by molar-refractivity contribution is -0.132. The summed E-state index contributed by atoms with van der Waals surface area (Å²) in [5, 5.41) is 11.6. The van der Waals surface area contributed by atoms with Crippen LogP contribution in [-0.2, 0) is 4.79 Å². The van der Waals surface area contributed by atoms with Crippen molar-refractivity contribution in [3.05, 3.63) is 0 Å². The van der Waals surface area contributed by atoms with Crippen LogP contribution in [0.5, 0.6) is 0 Å². The summed E-state index contributed by atoms with van der Waals surface area (Å²) in [7, 11) is 0. The second kappa shape index (κ2) is 9.89. The van der Waals surface area contributed by atoms with Crippen LogP contribution in [0.1, 0.15) is 40.0 Å². The van der Waals surface area contributed by atoms with Gasteiger partial charge in [0.1, 0.15) is 0 Å². The molecular formula is C10H24N2O3. The summed E-state index contributed by atoms with van der Waals surface area (Å²) in [4.78, 5) is 11.2. The topological polar surface area (TPSA) is 92.9 Å². The third kappa shape index (κ3) is 7.30. The Balaban J connectivity index is 0. The molecular weight excluding hydrogens is 196 g/mol. The van der Waals surface area contributed by atoms with E-state index >= 15 is 0 Å². The second-order valence-corrected chi connectivity index (χ2v) is 3.86. The van der Waals surface area contributed by atoms with Gasteiger partial charge >= 0.3 is 0 Å². The summed E-state index contributed by atoms with van der Waals surface area (Å²) < 4.78 is 0. The van der Waals surface area contributed by atoms with Crippen LogP contribution < -0.4 is 10.8 Å². The molecule has 5 heteroatoms. The highest BCUT2D eigenvalue weighted by atomic mass is 16.5. The lowest BCUT2D eigenvalue weighted by Crippen LogP contribution is -2.46. The number of hydrogen-bond donors (Lipinski definition) is 3. The van der Waals surface area contributed by atoms with Gasteiger partial charge in [0.25, 0.3) is 5.91 Å². The molecule has 0 aliphatic heterocycles. The largest absolute Gasteiger partial charge is 0.412 e. The fourth-order valence-electron chi connectivity index (χ4n) is 1.33. The maximum atomic E-state index is 11.2. The van der Waals surface area contributed by atoms with E-state index in [-0.39, 0.29) is 23.3 Å². The van der Waals surface area contributed by atoms with Crippen molar-refractivity contribution < 1.29 is 15.5 Å². The molecule has 0 rings (SSSR count). The first-order chi connectivity index (χ1) is 6.63. The Bertz CT molecular complexity index is 163. The van der Waals surface area contributed by atoms with Gasteiger partial charge in [-0.25, -0.2) is 5.48 Å². The third-order valence-electron chi connectivity index (χ3n) is 2.20. The van der Waals surface area contributed by atoms with Crippen molar-refractivity contribution in [1.82, 2.24) is 10.8 Å². The molecule has 0 bridgehead atoms. The molecule has 1 unspecified atom stereocenters. The summed E-state index contributed by atoms with van der Waals surface area (Å²) in [5.41, 5.74) is 1.69. The first-order valence-electron chi connectivity index (χ1n) is 5.30. The molecule has 0 aromatic rings. The highest BCUT2D eigenvalue weighted by Gasteiger charge is 2.20. The van der Waals surface area contributed by atoms with Gasteiger partial charge in [0.05, 0.1) is 6.04 Å². The molecule has 0 fully saturated rings. The van der Waals surface area contributed by atoms with Gasteiger partial charge in [-0.15, -0.1) is 0 Å². The fraction of sp³-hybridized carbons (Fsp3) is 0.900. The maximum Gasteiger partial charge on any atom is 0.260 e. The molecule has 5 N–H and O–H groups in total. The van der Waals surface area contributed by atoms with Crippen molar-refractivity contribution in [2.45, 2.75) is 46.1 Å². The molecule has 0 radical (unpaired) electrons. The SMILES string of the molecule is CCCCCNC(C(=O)NO)C(C)C.O. The Morgan fingerprint density at radius 1 is 1.33 bits per heavy atom. The fourth-order valence-corrected chi connectivity index (χ4v) is 1.33. The standard InChI is InChI=1S/C10H22N2O2.H2O/c1-4-5-6-7-11-9(8(2)3)10(13)12-14;/h8-9,11,14H,4-7H2,1-3H3,(H,12,13);1H2. The van der Waals surface area contributed by atoms with Crippen LogP contribution >= 0.6 is 0 Å². The molecule has 1 amide bonds. The third-order valence-corrected chi connectivity index (χ3v) is 2.20. The van der Waals surface area contributed by atoms with E-state index in [9.17, 15) is 4.79 Å². The number of hydrogen-bond acceptors (Lipinski definition) is 3. The molecule has 0 spiro atoms. The van der Waals surface area contributed by atoms with Gasteiger partial charge in [-0.1, -0.05) is 33.6 Å². The van der Waals surface area contributed by atoms with E-state index in [1.807, 2.05) is 13.8 Å². The van der Waals surface area contributed by atoms with Crippen LogP contribution in [0.4, 0.5) is 0 Å². The van der Waals surface area contributed by atoms with Crippen LogP contribution in [0.2, 0.25) is 0 Å². The summed E-state index contributed by atoms with van der Waals surface area (Å²) >= 11 is 0. The lowest BCUT2D eigenvalue weighted by atomic mass is 10.0. The van der Waals surface area contributed by atoms with Gasteiger partial charge in [0, 0.05) is 0 Å². The predicted octanol–water partition coefficient (Wildman–Crippen LogP) is 0.471. The molecule has 5 nitrogen and oxygen atoms in total. The number of carbonyl (C=O) groups excluding carboxylic acids is 1. The Hall–Kier alpha value is -0.650. The van der Waals surface area contributed by atoms with Crippen LogP contribution in [0.15, 0.2) is 0 Å². The Kier molecular flexibility index (Phi) is 11.1. The first kappa shape index (κ1) is 16.8. The molecule has 0 aliphatic rings. The monoisotopic (exact) mass is 220 g/mol. The van der Waals surface area contributed by atoms with E-state index in [0.29, 0.717) is 0 Å². The predicted molar refractivity (Wildman–Crippen MR) is 59.7 cm³/mol. The van der Waals surface area contributed by atoms with Crippen molar-refractivity contribution in [2.24, 2.45) is 5.92 Å². The van der Waals surface area contributed by atoms with E-state index in [4.69, 9.17) is 5.21 Å². The molecule has 15 heavy (non-hydrogen) atoms. The Morgan fingerprint density at radius 3 is 2.33 bits per heavy atom. The van der Waals surface area contributed by atoms with E-state index in [2.05, 4.69) is 12.2 Å². The molecule has 0 aromatic heterocycles. The normalized spacial score (nSPS) is 12.1.